The Kier molecular flexibility index (Phi) is 1.24. The molecule has 0 aromatic rings. The number of carbonyl (C=O) groups excluding carboxylic acids is 1. The van der Waals surface area contributed by atoms with Crippen LogP contribution in [0.3, 0.4) is 0 Å². The predicted octanol–water partition coefficient (Wildman–Crippen LogP) is 0.531. The van der Waals surface area contributed by atoms with Crippen LogP contribution >= 0.6 is 0 Å². The largest absolute Gasteiger partial charge is 0.353 e. The zero-order valence-corrected chi connectivity index (χ0v) is 5.27. The Hall–Kier alpha value is -0.530. The Morgan fingerprint density at radius 1 is 1.75 bits per heavy atom. The van der Waals surface area contributed by atoms with Gasteiger partial charge in [0.15, 0.2) is 0 Å². The van der Waals surface area contributed by atoms with Gasteiger partial charge in [0.25, 0.3) is 0 Å². The standard InChI is InChI=1S/C6H11NO/c1-4-3-6(4)7-5(2)8/h4,6H,3H2,1-2H3,(H,7,8)/t4-,6?/m1/s1. The summed E-state index contributed by atoms with van der Waals surface area (Å²) in [6.45, 7) is 3.70. The van der Waals surface area contributed by atoms with Gasteiger partial charge in [0.05, 0.1) is 0 Å². The molecule has 0 heterocycles. The third kappa shape index (κ3) is 1.22. The minimum atomic E-state index is 0.0966. The van der Waals surface area contributed by atoms with E-state index >= 15 is 0 Å². The van der Waals surface area contributed by atoms with Gasteiger partial charge in [-0.2, -0.15) is 0 Å². The minimum absolute atomic E-state index is 0.0966. The molecule has 1 N–H and O–H groups in total. The molecule has 1 saturated carbocycles. The van der Waals surface area contributed by atoms with Crippen LogP contribution in [0.4, 0.5) is 0 Å². The molecule has 0 aliphatic heterocycles. The van der Waals surface area contributed by atoms with Gasteiger partial charge in [-0.3, -0.25) is 4.79 Å². The lowest BCUT2D eigenvalue weighted by atomic mass is 10.5. The molecule has 1 unspecified atom stereocenters. The van der Waals surface area contributed by atoms with E-state index in [1.807, 2.05) is 0 Å². The summed E-state index contributed by atoms with van der Waals surface area (Å²) in [5.41, 5.74) is 0. The van der Waals surface area contributed by atoms with Gasteiger partial charge in [0.1, 0.15) is 0 Å². The number of rotatable bonds is 1. The van der Waals surface area contributed by atoms with Crippen LogP contribution in [0.15, 0.2) is 0 Å². The maximum absolute atomic E-state index is 10.3. The van der Waals surface area contributed by atoms with Gasteiger partial charge < -0.3 is 5.32 Å². The molecule has 0 spiro atoms. The zero-order valence-electron chi connectivity index (χ0n) is 5.27. The summed E-state index contributed by atoms with van der Waals surface area (Å²) in [6, 6.07) is 0.493. The molecular formula is C6H11NO. The quantitative estimate of drug-likeness (QED) is 0.528. The van der Waals surface area contributed by atoms with Gasteiger partial charge in [-0.25, -0.2) is 0 Å². The molecule has 0 saturated heterocycles. The predicted molar refractivity (Wildman–Crippen MR) is 31.4 cm³/mol. The smallest absolute Gasteiger partial charge is 0.217 e. The molecule has 46 valence electrons. The number of amides is 1. The van der Waals surface area contributed by atoms with Crippen molar-refractivity contribution in [2.24, 2.45) is 5.92 Å². The van der Waals surface area contributed by atoms with Gasteiger partial charge in [-0.05, 0) is 12.3 Å². The zero-order chi connectivity index (χ0) is 6.15. The maximum atomic E-state index is 10.3. The fourth-order valence-electron chi connectivity index (χ4n) is 0.784. The Balaban J connectivity index is 2.14. The van der Waals surface area contributed by atoms with E-state index in [2.05, 4.69) is 12.2 Å². The van der Waals surface area contributed by atoms with E-state index in [0.717, 1.165) is 5.92 Å². The number of nitrogens with one attached hydrogen (secondary N) is 1. The van der Waals surface area contributed by atoms with Crippen LogP contribution in [0.2, 0.25) is 0 Å². The van der Waals surface area contributed by atoms with Gasteiger partial charge in [0, 0.05) is 13.0 Å². The van der Waals surface area contributed by atoms with E-state index in [1.165, 1.54) is 6.42 Å². The summed E-state index contributed by atoms with van der Waals surface area (Å²) in [5, 5.41) is 2.83. The lowest BCUT2D eigenvalue weighted by molar-refractivity contribution is -0.119. The summed E-state index contributed by atoms with van der Waals surface area (Å²) in [4.78, 5) is 10.3. The molecule has 0 aromatic carbocycles. The molecule has 0 aromatic heterocycles. The first kappa shape index (κ1) is 5.60. The van der Waals surface area contributed by atoms with Gasteiger partial charge in [-0.15, -0.1) is 0 Å². The van der Waals surface area contributed by atoms with Gasteiger partial charge in [-0.1, -0.05) is 6.92 Å². The van der Waals surface area contributed by atoms with Crippen LogP contribution < -0.4 is 5.32 Å². The van der Waals surface area contributed by atoms with Crippen molar-refractivity contribution in [3.63, 3.8) is 0 Å². The first-order valence-electron chi connectivity index (χ1n) is 2.97. The lowest BCUT2D eigenvalue weighted by Crippen LogP contribution is -2.22. The van der Waals surface area contributed by atoms with Crippen molar-refractivity contribution in [3.05, 3.63) is 0 Å². The molecule has 1 aliphatic rings. The molecule has 2 heteroatoms. The Morgan fingerprint density at radius 2 is 2.25 bits per heavy atom. The van der Waals surface area contributed by atoms with E-state index in [9.17, 15) is 4.79 Å². The topological polar surface area (TPSA) is 29.1 Å². The van der Waals surface area contributed by atoms with E-state index < -0.39 is 0 Å². The van der Waals surface area contributed by atoms with Crippen molar-refractivity contribution in [1.82, 2.24) is 5.32 Å². The number of hydrogen-bond acceptors (Lipinski definition) is 1. The van der Waals surface area contributed by atoms with E-state index in [1.54, 1.807) is 6.92 Å². The van der Waals surface area contributed by atoms with Crippen molar-refractivity contribution in [2.75, 3.05) is 0 Å². The van der Waals surface area contributed by atoms with Gasteiger partial charge >= 0.3 is 0 Å². The highest BCUT2D eigenvalue weighted by atomic mass is 16.1. The average Bonchev–Trinajstić information content (AvgIpc) is 2.17. The van der Waals surface area contributed by atoms with E-state index in [-0.39, 0.29) is 5.91 Å². The lowest BCUT2D eigenvalue weighted by Gasteiger charge is -1.94. The van der Waals surface area contributed by atoms with Crippen LogP contribution in [-0.4, -0.2) is 11.9 Å². The number of hydrogen-bond donors (Lipinski definition) is 1. The van der Waals surface area contributed by atoms with Crippen LogP contribution in [0.5, 0.6) is 0 Å². The number of carbonyl (C=O) groups is 1. The van der Waals surface area contributed by atoms with E-state index in [4.69, 9.17) is 0 Å². The maximum Gasteiger partial charge on any atom is 0.217 e. The molecule has 1 rings (SSSR count). The third-order valence-electron chi connectivity index (χ3n) is 1.50. The second-order valence-electron chi connectivity index (χ2n) is 2.52. The summed E-state index contributed by atoms with van der Waals surface area (Å²) in [5.74, 6) is 0.818. The normalized spacial score (nSPS) is 34.2. The van der Waals surface area contributed by atoms with Crippen molar-refractivity contribution >= 4 is 5.91 Å². The molecule has 0 radical (unpaired) electrons. The minimum Gasteiger partial charge on any atom is -0.353 e. The molecule has 1 aliphatic carbocycles. The second-order valence-corrected chi connectivity index (χ2v) is 2.52. The molecule has 2 atom stereocenters. The van der Waals surface area contributed by atoms with Crippen LogP contribution in [-0.2, 0) is 4.79 Å². The molecular weight excluding hydrogens is 102 g/mol. The SMILES string of the molecule is CC(=O)NC1C[C@H]1C. The summed E-state index contributed by atoms with van der Waals surface area (Å²) in [7, 11) is 0. The monoisotopic (exact) mass is 113 g/mol. The van der Waals surface area contributed by atoms with Crippen molar-refractivity contribution in [3.8, 4) is 0 Å². The highest BCUT2D eigenvalue weighted by Gasteiger charge is 2.32. The second kappa shape index (κ2) is 1.77. The molecule has 1 amide bonds. The highest BCUT2D eigenvalue weighted by Crippen LogP contribution is 2.28. The fraction of sp³-hybridized carbons (Fsp3) is 0.833. The Bertz CT molecular complexity index is 111. The first-order valence-corrected chi connectivity index (χ1v) is 2.97. The van der Waals surface area contributed by atoms with Crippen LogP contribution in [0, 0.1) is 5.92 Å². The molecule has 1 fully saturated rings. The fourth-order valence-corrected chi connectivity index (χ4v) is 0.784. The van der Waals surface area contributed by atoms with Gasteiger partial charge in [0.2, 0.25) is 5.91 Å². The van der Waals surface area contributed by atoms with Crippen molar-refractivity contribution in [1.29, 1.82) is 0 Å². The van der Waals surface area contributed by atoms with Crippen LogP contribution in [0.25, 0.3) is 0 Å². The third-order valence-corrected chi connectivity index (χ3v) is 1.50. The van der Waals surface area contributed by atoms with E-state index in [0.29, 0.717) is 6.04 Å². The molecule has 0 bridgehead atoms. The summed E-state index contributed by atoms with van der Waals surface area (Å²) in [6.07, 6.45) is 1.17. The Morgan fingerprint density at radius 3 is 2.38 bits per heavy atom. The summed E-state index contributed by atoms with van der Waals surface area (Å²) >= 11 is 0. The highest BCUT2D eigenvalue weighted by molar-refractivity contribution is 5.73. The van der Waals surface area contributed by atoms with Crippen molar-refractivity contribution < 1.29 is 4.79 Å². The van der Waals surface area contributed by atoms with Crippen molar-refractivity contribution in [2.45, 2.75) is 26.3 Å². The average molecular weight is 113 g/mol. The summed E-state index contributed by atoms with van der Waals surface area (Å²) < 4.78 is 0. The molecule has 2 nitrogen and oxygen atoms in total. The first-order chi connectivity index (χ1) is 3.70. The Labute approximate surface area is 49.3 Å². The molecule has 8 heavy (non-hydrogen) atoms. The van der Waals surface area contributed by atoms with Crippen LogP contribution in [0.1, 0.15) is 20.3 Å².